The lowest BCUT2D eigenvalue weighted by Gasteiger charge is -2.24. The van der Waals surface area contributed by atoms with E-state index in [2.05, 4.69) is 45.1 Å². The Hall–Kier alpha value is -0.970. The molecule has 0 aliphatic carbocycles. The number of phosphoric acid groups is 1. The minimum absolute atomic E-state index is 0.239. The van der Waals surface area contributed by atoms with Crippen LogP contribution in [0.25, 0.3) is 11.2 Å². The Labute approximate surface area is 211 Å². The summed E-state index contributed by atoms with van der Waals surface area (Å²) in [5.74, 6) is -0.653. The van der Waals surface area contributed by atoms with Crippen molar-refractivity contribution in [1.82, 2.24) is 24.4 Å². The molecule has 4 heterocycles. The molecule has 4 rings (SSSR count). The second kappa shape index (κ2) is 11.0. The Morgan fingerprint density at radius 3 is 2.38 bits per heavy atom. The van der Waals surface area contributed by atoms with Crippen molar-refractivity contribution in [3.05, 3.63) is 10.2 Å². The maximum absolute atomic E-state index is 11.1. The van der Waals surface area contributed by atoms with Crippen LogP contribution in [-0.2, 0) is 23.3 Å². The molecule has 2 aliphatic rings. The molecule has 0 aromatic carbocycles. The number of aromatic nitrogens is 4. The van der Waals surface area contributed by atoms with E-state index in [4.69, 9.17) is 29.7 Å². The first-order valence-electron chi connectivity index (χ1n) is 11.0. The summed E-state index contributed by atoms with van der Waals surface area (Å²) in [6.07, 6.45) is -1.10. The summed E-state index contributed by atoms with van der Waals surface area (Å²) in [5, 5.41) is 0. The summed E-state index contributed by atoms with van der Waals surface area (Å²) in [4.78, 5) is 33.0. The van der Waals surface area contributed by atoms with Crippen LogP contribution in [0.2, 0.25) is 0 Å². The number of imidazole rings is 1. The molecular formula is C19H32IN6O7P. The number of ether oxygens (including phenoxy) is 3. The summed E-state index contributed by atoms with van der Waals surface area (Å²) in [7, 11) is -4.65. The molecule has 4 atom stereocenters. The number of hydrogen-bond acceptors (Lipinski definition) is 10. The van der Waals surface area contributed by atoms with Gasteiger partial charge in [0.1, 0.15) is 23.8 Å². The van der Waals surface area contributed by atoms with Gasteiger partial charge in [-0.2, -0.15) is 0 Å². The molecule has 0 amide bonds. The van der Waals surface area contributed by atoms with Gasteiger partial charge in [-0.05, 0) is 33.5 Å². The molecule has 4 N–H and O–H groups in total. The SMILES string of the molecule is CC1(C)O[C@@H]2[C@H](O1)[C@@H](COP(=O)(O)O)O[C@H]2n1cnc2c(N)nc(I)nc21.CCN(CC)CC. The normalized spacial score (nSPS) is 26.0. The Bertz CT molecular complexity index is 1020. The van der Waals surface area contributed by atoms with Crippen LogP contribution >= 0.6 is 30.4 Å². The molecule has 2 saturated heterocycles. The van der Waals surface area contributed by atoms with Crippen molar-refractivity contribution in [2.75, 3.05) is 32.0 Å². The van der Waals surface area contributed by atoms with Crippen LogP contribution in [-0.4, -0.2) is 84.5 Å². The molecule has 2 fully saturated rings. The van der Waals surface area contributed by atoms with E-state index >= 15 is 0 Å². The number of nitrogens with two attached hydrogens (primary N) is 1. The van der Waals surface area contributed by atoms with Gasteiger partial charge in [-0.1, -0.05) is 20.8 Å². The zero-order valence-electron chi connectivity index (χ0n) is 19.8. The van der Waals surface area contributed by atoms with Crippen LogP contribution in [0.15, 0.2) is 6.33 Å². The van der Waals surface area contributed by atoms with Gasteiger partial charge in [0.05, 0.1) is 12.9 Å². The van der Waals surface area contributed by atoms with Gasteiger partial charge in [0.2, 0.25) is 0 Å². The summed E-state index contributed by atoms with van der Waals surface area (Å²) < 4.78 is 35.5. The first kappa shape index (κ1) is 27.6. The summed E-state index contributed by atoms with van der Waals surface area (Å²) >= 11 is 1.95. The van der Waals surface area contributed by atoms with Gasteiger partial charge in [-0.3, -0.25) is 9.09 Å². The Kier molecular flexibility index (Phi) is 8.91. The summed E-state index contributed by atoms with van der Waals surface area (Å²) in [5.41, 5.74) is 6.79. The number of nitrogens with zero attached hydrogens (tertiary/aromatic N) is 5. The van der Waals surface area contributed by atoms with Gasteiger partial charge in [0.25, 0.3) is 0 Å². The van der Waals surface area contributed by atoms with E-state index in [0.29, 0.717) is 15.0 Å². The fourth-order valence-electron chi connectivity index (χ4n) is 3.96. The smallest absolute Gasteiger partial charge is 0.382 e. The molecule has 2 aliphatic heterocycles. The third kappa shape index (κ3) is 6.42. The van der Waals surface area contributed by atoms with E-state index in [-0.39, 0.29) is 12.4 Å². The average molecular weight is 614 g/mol. The van der Waals surface area contributed by atoms with Crippen LogP contribution in [0.4, 0.5) is 5.82 Å². The predicted molar refractivity (Wildman–Crippen MR) is 132 cm³/mol. The van der Waals surface area contributed by atoms with Crippen molar-refractivity contribution in [1.29, 1.82) is 0 Å². The van der Waals surface area contributed by atoms with Gasteiger partial charge in [0, 0.05) is 22.6 Å². The van der Waals surface area contributed by atoms with Crippen molar-refractivity contribution >= 4 is 47.4 Å². The minimum atomic E-state index is -4.65. The maximum atomic E-state index is 11.1. The highest BCUT2D eigenvalue weighted by molar-refractivity contribution is 14.1. The highest BCUT2D eigenvalue weighted by atomic mass is 127. The molecule has 0 saturated carbocycles. The van der Waals surface area contributed by atoms with Crippen LogP contribution in [0.1, 0.15) is 40.8 Å². The molecule has 0 unspecified atom stereocenters. The molecule has 2 aromatic heterocycles. The predicted octanol–water partition coefficient (Wildman–Crippen LogP) is 1.89. The largest absolute Gasteiger partial charge is 0.469 e. The van der Waals surface area contributed by atoms with E-state index in [0.717, 1.165) is 0 Å². The van der Waals surface area contributed by atoms with Crippen LogP contribution in [0.3, 0.4) is 0 Å². The molecule has 13 nitrogen and oxygen atoms in total. The van der Waals surface area contributed by atoms with Gasteiger partial charge < -0.3 is 34.6 Å². The fourth-order valence-corrected chi connectivity index (χ4v) is 4.79. The first-order valence-corrected chi connectivity index (χ1v) is 13.6. The van der Waals surface area contributed by atoms with Crippen LogP contribution < -0.4 is 5.73 Å². The van der Waals surface area contributed by atoms with E-state index in [1.54, 1.807) is 18.4 Å². The maximum Gasteiger partial charge on any atom is 0.469 e. The van der Waals surface area contributed by atoms with Crippen molar-refractivity contribution in [2.45, 2.75) is 64.9 Å². The first-order chi connectivity index (χ1) is 15.9. The lowest BCUT2D eigenvalue weighted by Crippen LogP contribution is -2.32. The standard InChI is InChI=1S/C13H17IN5O7P.C6H15N/c1-13(2)25-7-5(3-23-27(20,21)22)24-11(8(7)26-13)19-4-16-6-9(15)17-12(14)18-10(6)19;1-4-7(5-2)6-3/h4-5,7-8,11H,3H2,1-2H3,(H2,15,17,18)(H2,20,21,22);4-6H2,1-3H3/t5-,7-,8-,11-;/m1./s1. The lowest BCUT2D eigenvalue weighted by atomic mass is 10.1. The van der Waals surface area contributed by atoms with Crippen molar-refractivity contribution in [2.24, 2.45) is 0 Å². The number of rotatable bonds is 7. The zero-order chi connectivity index (χ0) is 25.3. The third-order valence-corrected chi connectivity index (χ3v) is 6.54. The van der Waals surface area contributed by atoms with Crippen LogP contribution in [0, 0.1) is 3.83 Å². The molecule has 34 heavy (non-hydrogen) atoms. The second-order valence-corrected chi connectivity index (χ2v) is 10.4. The minimum Gasteiger partial charge on any atom is -0.382 e. The Morgan fingerprint density at radius 2 is 1.82 bits per heavy atom. The number of halogens is 1. The highest BCUT2D eigenvalue weighted by Gasteiger charge is 2.56. The van der Waals surface area contributed by atoms with Crippen LogP contribution in [0.5, 0.6) is 0 Å². The molecular weight excluding hydrogens is 582 g/mol. The van der Waals surface area contributed by atoms with Gasteiger partial charge in [0.15, 0.2) is 27.3 Å². The number of hydrogen-bond donors (Lipinski definition) is 3. The van der Waals surface area contributed by atoms with Crippen molar-refractivity contribution < 1.29 is 33.1 Å². The summed E-state index contributed by atoms with van der Waals surface area (Å²) in [6.45, 7) is 13.3. The fraction of sp³-hybridized carbons (Fsp3) is 0.737. The van der Waals surface area contributed by atoms with Gasteiger partial charge >= 0.3 is 7.82 Å². The Balaban J connectivity index is 0.000000406. The monoisotopic (exact) mass is 614 g/mol. The molecule has 15 heteroatoms. The third-order valence-electron chi connectivity index (χ3n) is 5.57. The lowest BCUT2D eigenvalue weighted by molar-refractivity contribution is -0.199. The van der Waals surface area contributed by atoms with Crippen molar-refractivity contribution in [3.8, 4) is 0 Å². The quantitative estimate of drug-likeness (QED) is 0.236. The van der Waals surface area contributed by atoms with E-state index < -0.39 is 38.1 Å². The number of phosphoric ester groups is 1. The van der Waals surface area contributed by atoms with Gasteiger partial charge in [-0.25, -0.2) is 19.5 Å². The number of fused-ring (bicyclic) bond motifs is 2. The van der Waals surface area contributed by atoms with E-state index in [9.17, 15) is 4.57 Å². The topological polar surface area (TPSA) is 167 Å². The number of anilines is 1. The van der Waals surface area contributed by atoms with Crippen molar-refractivity contribution in [3.63, 3.8) is 0 Å². The van der Waals surface area contributed by atoms with E-state index in [1.165, 1.54) is 26.0 Å². The number of nitrogen functional groups attached to an aromatic ring is 1. The Morgan fingerprint density at radius 1 is 1.21 bits per heavy atom. The molecule has 192 valence electrons. The molecule has 0 radical (unpaired) electrons. The molecule has 0 bridgehead atoms. The molecule has 0 spiro atoms. The molecule has 2 aromatic rings. The van der Waals surface area contributed by atoms with E-state index in [1.807, 2.05) is 22.6 Å². The highest BCUT2D eigenvalue weighted by Crippen LogP contribution is 2.45. The van der Waals surface area contributed by atoms with Gasteiger partial charge in [-0.15, -0.1) is 0 Å². The zero-order valence-corrected chi connectivity index (χ0v) is 22.8. The average Bonchev–Trinajstić information content (AvgIpc) is 3.38. The summed E-state index contributed by atoms with van der Waals surface area (Å²) in [6, 6.07) is 0. The second-order valence-electron chi connectivity index (χ2n) is 8.24.